The Bertz CT molecular complexity index is 1080. The van der Waals surface area contributed by atoms with E-state index in [-0.39, 0.29) is 24.5 Å². The van der Waals surface area contributed by atoms with Crippen molar-refractivity contribution < 1.29 is 14.3 Å². The number of benzene rings is 3. The first-order valence-corrected chi connectivity index (χ1v) is 11.3. The summed E-state index contributed by atoms with van der Waals surface area (Å²) in [5.41, 5.74) is 3.05. The smallest absolute Gasteiger partial charge is 0.262 e. The van der Waals surface area contributed by atoms with Crippen LogP contribution in [0.3, 0.4) is 0 Å². The van der Waals surface area contributed by atoms with Crippen molar-refractivity contribution >= 4 is 23.2 Å². The SMILES string of the molecule is CC(NC(=O)c1cc(NC(=O)COc2ccccc2)ccc1N1CCCC1)c1ccccc1. The lowest BCUT2D eigenvalue weighted by molar-refractivity contribution is -0.118. The summed E-state index contributed by atoms with van der Waals surface area (Å²) in [6.45, 7) is 3.70. The van der Waals surface area contributed by atoms with Gasteiger partial charge in [0.25, 0.3) is 11.8 Å². The molecular formula is C27H29N3O3. The number of amides is 2. The highest BCUT2D eigenvalue weighted by Crippen LogP contribution is 2.28. The largest absolute Gasteiger partial charge is 0.484 e. The number of carbonyl (C=O) groups excluding carboxylic acids is 2. The van der Waals surface area contributed by atoms with Gasteiger partial charge in [0.05, 0.1) is 11.6 Å². The van der Waals surface area contributed by atoms with E-state index in [1.807, 2.05) is 67.6 Å². The second-order valence-corrected chi connectivity index (χ2v) is 8.18. The molecule has 0 spiro atoms. The Morgan fingerprint density at radius 1 is 0.939 bits per heavy atom. The molecule has 1 fully saturated rings. The van der Waals surface area contributed by atoms with Crippen LogP contribution in [0.1, 0.15) is 41.7 Å². The summed E-state index contributed by atoms with van der Waals surface area (Å²) < 4.78 is 5.52. The second-order valence-electron chi connectivity index (χ2n) is 8.18. The highest BCUT2D eigenvalue weighted by atomic mass is 16.5. The molecule has 6 nitrogen and oxygen atoms in total. The van der Waals surface area contributed by atoms with Crippen molar-refractivity contribution in [1.82, 2.24) is 5.32 Å². The number of carbonyl (C=O) groups is 2. The van der Waals surface area contributed by atoms with Crippen molar-refractivity contribution in [1.29, 1.82) is 0 Å². The number of para-hydroxylation sites is 1. The van der Waals surface area contributed by atoms with E-state index < -0.39 is 0 Å². The van der Waals surface area contributed by atoms with E-state index >= 15 is 0 Å². The van der Waals surface area contributed by atoms with Crippen LogP contribution in [0, 0.1) is 0 Å². The lowest BCUT2D eigenvalue weighted by Crippen LogP contribution is -2.30. The first kappa shape index (κ1) is 22.4. The van der Waals surface area contributed by atoms with Crippen LogP contribution in [0.5, 0.6) is 5.75 Å². The molecule has 170 valence electrons. The molecule has 3 aromatic carbocycles. The molecule has 2 N–H and O–H groups in total. The number of rotatable bonds is 8. The van der Waals surface area contributed by atoms with E-state index in [1.54, 1.807) is 18.2 Å². The molecule has 1 aliphatic rings. The van der Waals surface area contributed by atoms with Crippen LogP contribution in [0.2, 0.25) is 0 Å². The summed E-state index contributed by atoms with van der Waals surface area (Å²) in [5, 5.41) is 5.95. The standard InChI is InChI=1S/C27H29N3O3/c1-20(21-10-4-2-5-11-21)28-27(32)24-18-22(14-15-25(24)30-16-8-9-17-30)29-26(31)19-33-23-12-6-3-7-13-23/h2-7,10-15,18,20H,8-9,16-17,19H2,1H3,(H,28,32)(H,29,31). The zero-order valence-electron chi connectivity index (χ0n) is 18.8. The van der Waals surface area contributed by atoms with Crippen LogP contribution in [-0.2, 0) is 4.79 Å². The fourth-order valence-corrected chi connectivity index (χ4v) is 3.99. The summed E-state index contributed by atoms with van der Waals surface area (Å²) in [6, 6.07) is 24.4. The molecule has 1 atom stereocenters. The van der Waals surface area contributed by atoms with E-state index in [9.17, 15) is 9.59 Å². The van der Waals surface area contributed by atoms with Gasteiger partial charge in [-0.25, -0.2) is 0 Å². The van der Waals surface area contributed by atoms with Crippen molar-refractivity contribution in [2.24, 2.45) is 0 Å². The van der Waals surface area contributed by atoms with Gasteiger partial charge in [-0.3, -0.25) is 9.59 Å². The van der Waals surface area contributed by atoms with Crippen molar-refractivity contribution in [3.8, 4) is 5.75 Å². The maximum absolute atomic E-state index is 13.3. The first-order chi connectivity index (χ1) is 16.1. The van der Waals surface area contributed by atoms with Crippen LogP contribution in [0.4, 0.5) is 11.4 Å². The van der Waals surface area contributed by atoms with Gasteiger partial charge in [-0.1, -0.05) is 48.5 Å². The van der Waals surface area contributed by atoms with E-state index in [4.69, 9.17) is 4.74 Å². The molecule has 1 heterocycles. The molecule has 1 aliphatic heterocycles. The highest BCUT2D eigenvalue weighted by Gasteiger charge is 2.22. The first-order valence-electron chi connectivity index (χ1n) is 11.3. The maximum atomic E-state index is 13.3. The van der Waals surface area contributed by atoms with Crippen LogP contribution < -0.4 is 20.3 Å². The van der Waals surface area contributed by atoms with Gasteiger partial charge in [0, 0.05) is 24.5 Å². The number of anilines is 2. The van der Waals surface area contributed by atoms with E-state index in [2.05, 4.69) is 15.5 Å². The van der Waals surface area contributed by atoms with Gasteiger partial charge in [0.15, 0.2) is 6.61 Å². The summed E-state index contributed by atoms with van der Waals surface area (Å²) in [7, 11) is 0. The Labute approximate surface area is 194 Å². The monoisotopic (exact) mass is 443 g/mol. The topological polar surface area (TPSA) is 70.7 Å². The van der Waals surface area contributed by atoms with Crippen molar-refractivity contribution in [2.45, 2.75) is 25.8 Å². The molecule has 6 heteroatoms. The van der Waals surface area contributed by atoms with Gasteiger partial charge >= 0.3 is 0 Å². The molecule has 0 aliphatic carbocycles. The Balaban J connectivity index is 1.49. The van der Waals surface area contributed by atoms with Gasteiger partial charge in [-0.2, -0.15) is 0 Å². The number of nitrogens with one attached hydrogen (secondary N) is 2. The third-order valence-electron chi connectivity index (χ3n) is 5.73. The molecular weight excluding hydrogens is 414 g/mol. The van der Waals surface area contributed by atoms with E-state index in [0.717, 1.165) is 37.2 Å². The predicted molar refractivity (Wildman–Crippen MR) is 131 cm³/mol. The highest BCUT2D eigenvalue weighted by molar-refractivity contribution is 6.02. The average Bonchev–Trinajstić information content (AvgIpc) is 3.39. The summed E-state index contributed by atoms with van der Waals surface area (Å²) in [4.78, 5) is 27.9. The van der Waals surface area contributed by atoms with Crippen LogP contribution >= 0.6 is 0 Å². The summed E-state index contributed by atoms with van der Waals surface area (Å²) in [5.74, 6) is 0.189. The molecule has 0 aromatic heterocycles. The average molecular weight is 444 g/mol. The van der Waals surface area contributed by atoms with Gasteiger partial charge in [0.1, 0.15) is 5.75 Å². The van der Waals surface area contributed by atoms with E-state index in [1.165, 1.54) is 0 Å². The van der Waals surface area contributed by atoms with E-state index in [0.29, 0.717) is 17.0 Å². The van der Waals surface area contributed by atoms with Crippen molar-refractivity contribution in [3.05, 3.63) is 90.0 Å². The molecule has 0 saturated carbocycles. The Hall–Kier alpha value is -3.80. The molecule has 1 saturated heterocycles. The minimum Gasteiger partial charge on any atom is -0.484 e. The molecule has 33 heavy (non-hydrogen) atoms. The zero-order chi connectivity index (χ0) is 23.0. The molecule has 0 radical (unpaired) electrons. The van der Waals surface area contributed by atoms with Crippen molar-refractivity contribution in [2.75, 3.05) is 29.9 Å². The van der Waals surface area contributed by atoms with Gasteiger partial charge < -0.3 is 20.3 Å². The number of nitrogens with zero attached hydrogens (tertiary/aromatic N) is 1. The van der Waals surface area contributed by atoms with Crippen LogP contribution in [-0.4, -0.2) is 31.5 Å². The van der Waals surface area contributed by atoms with Crippen LogP contribution in [0.25, 0.3) is 0 Å². The van der Waals surface area contributed by atoms with Gasteiger partial charge in [0.2, 0.25) is 0 Å². The zero-order valence-corrected chi connectivity index (χ0v) is 18.8. The molecule has 1 unspecified atom stereocenters. The molecule has 2 amide bonds. The lowest BCUT2D eigenvalue weighted by atomic mass is 10.1. The van der Waals surface area contributed by atoms with Gasteiger partial charge in [-0.15, -0.1) is 0 Å². The Kier molecular flexibility index (Phi) is 7.25. The Morgan fingerprint density at radius 3 is 2.30 bits per heavy atom. The third kappa shape index (κ3) is 5.92. The summed E-state index contributed by atoms with van der Waals surface area (Å²) in [6.07, 6.45) is 2.22. The van der Waals surface area contributed by atoms with Crippen molar-refractivity contribution in [3.63, 3.8) is 0 Å². The lowest BCUT2D eigenvalue weighted by Gasteiger charge is -2.23. The molecule has 4 rings (SSSR count). The summed E-state index contributed by atoms with van der Waals surface area (Å²) >= 11 is 0. The minimum absolute atomic E-state index is 0.107. The second kappa shape index (κ2) is 10.7. The fraction of sp³-hybridized carbons (Fsp3) is 0.259. The molecule has 0 bridgehead atoms. The number of ether oxygens (including phenoxy) is 1. The third-order valence-corrected chi connectivity index (χ3v) is 5.73. The maximum Gasteiger partial charge on any atom is 0.262 e. The van der Waals surface area contributed by atoms with Gasteiger partial charge in [-0.05, 0) is 55.7 Å². The van der Waals surface area contributed by atoms with Crippen LogP contribution in [0.15, 0.2) is 78.9 Å². The quantitative estimate of drug-likeness (QED) is 0.525. The molecule has 3 aromatic rings. The predicted octanol–water partition coefficient (Wildman–Crippen LogP) is 4.80. The minimum atomic E-state index is -0.281. The Morgan fingerprint density at radius 2 is 1.61 bits per heavy atom. The normalized spacial score (nSPS) is 13.9. The number of hydrogen-bond acceptors (Lipinski definition) is 4. The number of hydrogen-bond donors (Lipinski definition) is 2. The fourth-order valence-electron chi connectivity index (χ4n) is 3.99.